The highest BCUT2D eigenvalue weighted by atomic mass is 19.1. The molecule has 0 aromatic heterocycles. The Morgan fingerprint density at radius 1 is 1.30 bits per heavy atom. The van der Waals surface area contributed by atoms with Gasteiger partial charge in [0.15, 0.2) is 0 Å². The first-order chi connectivity index (χ1) is 9.51. The van der Waals surface area contributed by atoms with Gasteiger partial charge in [-0.3, -0.25) is 4.79 Å². The van der Waals surface area contributed by atoms with Crippen LogP contribution in [-0.2, 0) is 6.42 Å². The zero-order valence-electron chi connectivity index (χ0n) is 11.5. The topological polar surface area (TPSA) is 55.1 Å². The summed E-state index contributed by atoms with van der Waals surface area (Å²) in [6.07, 6.45) is 0.885. The summed E-state index contributed by atoms with van der Waals surface area (Å²) in [7, 11) is 0. The van der Waals surface area contributed by atoms with E-state index in [0.29, 0.717) is 11.3 Å². The highest BCUT2D eigenvalue weighted by Crippen LogP contribution is 2.19. The Kier molecular flexibility index (Phi) is 4.03. The number of anilines is 2. The molecule has 0 radical (unpaired) electrons. The molecule has 1 amide bonds. The molecule has 3 N–H and O–H groups in total. The summed E-state index contributed by atoms with van der Waals surface area (Å²) >= 11 is 0. The maximum atomic E-state index is 13.6. The molecule has 3 nitrogen and oxygen atoms in total. The minimum absolute atomic E-state index is 0.215. The number of halogens is 1. The first kappa shape index (κ1) is 14.1. The van der Waals surface area contributed by atoms with Crippen LogP contribution in [0.3, 0.4) is 0 Å². The van der Waals surface area contributed by atoms with E-state index >= 15 is 0 Å². The second-order valence-corrected chi connectivity index (χ2v) is 4.68. The summed E-state index contributed by atoms with van der Waals surface area (Å²) in [5.74, 6) is -0.846. The second-order valence-electron chi connectivity index (χ2n) is 4.68. The van der Waals surface area contributed by atoms with Gasteiger partial charge in [0.2, 0.25) is 0 Å². The third-order valence-electron chi connectivity index (χ3n) is 3.24. The smallest absolute Gasteiger partial charge is 0.255 e. The van der Waals surface area contributed by atoms with Crippen LogP contribution in [0.1, 0.15) is 28.4 Å². The molecule has 2 aromatic rings. The van der Waals surface area contributed by atoms with Gasteiger partial charge in [0, 0.05) is 22.5 Å². The first-order valence-electron chi connectivity index (χ1n) is 6.47. The molecule has 0 unspecified atom stereocenters. The van der Waals surface area contributed by atoms with Crippen molar-refractivity contribution in [2.75, 3.05) is 11.1 Å². The molecule has 0 spiro atoms. The molecular formula is C16H17FN2O. The van der Waals surface area contributed by atoms with Crippen molar-refractivity contribution in [1.29, 1.82) is 0 Å². The van der Waals surface area contributed by atoms with Gasteiger partial charge in [-0.25, -0.2) is 4.39 Å². The number of rotatable bonds is 3. The van der Waals surface area contributed by atoms with Crippen LogP contribution in [0.4, 0.5) is 15.8 Å². The number of nitrogens with one attached hydrogen (secondary N) is 1. The van der Waals surface area contributed by atoms with E-state index in [2.05, 4.69) is 5.32 Å². The van der Waals surface area contributed by atoms with E-state index in [0.717, 1.165) is 12.0 Å². The summed E-state index contributed by atoms with van der Waals surface area (Å²) in [4.78, 5) is 12.1. The van der Waals surface area contributed by atoms with Crippen molar-refractivity contribution in [3.05, 3.63) is 58.9 Å². The quantitative estimate of drug-likeness (QED) is 0.840. The predicted molar refractivity (Wildman–Crippen MR) is 79.3 cm³/mol. The minimum atomic E-state index is -0.475. The number of nitrogen functional groups attached to an aromatic ring is 1. The van der Waals surface area contributed by atoms with E-state index in [1.807, 2.05) is 25.1 Å². The summed E-state index contributed by atoms with van der Waals surface area (Å²) in [6, 6.07) is 10.2. The summed E-state index contributed by atoms with van der Waals surface area (Å²) in [5, 5.41) is 2.75. The second kappa shape index (κ2) is 5.74. The van der Waals surface area contributed by atoms with Crippen LogP contribution in [0.5, 0.6) is 0 Å². The predicted octanol–water partition coefficient (Wildman–Crippen LogP) is 3.53. The van der Waals surface area contributed by atoms with Crippen molar-refractivity contribution in [2.24, 2.45) is 0 Å². The number of aryl methyl sites for hydroxylation is 1. The molecule has 0 aliphatic heterocycles. The lowest BCUT2D eigenvalue weighted by atomic mass is 10.1. The maximum absolute atomic E-state index is 13.6. The largest absolute Gasteiger partial charge is 0.398 e. The van der Waals surface area contributed by atoms with Crippen LogP contribution >= 0.6 is 0 Å². The summed E-state index contributed by atoms with van der Waals surface area (Å²) < 4.78 is 13.6. The van der Waals surface area contributed by atoms with Crippen LogP contribution in [0.2, 0.25) is 0 Å². The molecule has 0 fully saturated rings. The van der Waals surface area contributed by atoms with Crippen LogP contribution in [0.15, 0.2) is 36.4 Å². The number of hydrogen-bond acceptors (Lipinski definition) is 2. The molecule has 4 heteroatoms. The average molecular weight is 272 g/mol. The minimum Gasteiger partial charge on any atom is -0.398 e. The molecule has 0 heterocycles. The van der Waals surface area contributed by atoms with E-state index in [-0.39, 0.29) is 17.2 Å². The first-order valence-corrected chi connectivity index (χ1v) is 6.47. The van der Waals surface area contributed by atoms with Gasteiger partial charge in [0.25, 0.3) is 5.91 Å². The lowest BCUT2D eigenvalue weighted by molar-refractivity contribution is 0.102. The highest BCUT2D eigenvalue weighted by Gasteiger charge is 2.11. The molecule has 0 aliphatic carbocycles. The molecule has 0 bridgehead atoms. The Bertz CT molecular complexity index is 630. The van der Waals surface area contributed by atoms with E-state index in [9.17, 15) is 9.18 Å². The third-order valence-corrected chi connectivity index (χ3v) is 3.24. The number of hydrogen-bond donors (Lipinski definition) is 2. The zero-order chi connectivity index (χ0) is 14.7. The number of carbonyl (C=O) groups is 1. The van der Waals surface area contributed by atoms with Crippen molar-refractivity contribution in [3.8, 4) is 0 Å². The molecule has 2 rings (SSSR count). The Hall–Kier alpha value is -2.36. The van der Waals surface area contributed by atoms with E-state index in [1.165, 1.54) is 12.1 Å². The molecule has 0 aliphatic rings. The van der Waals surface area contributed by atoms with Crippen molar-refractivity contribution >= 4 is 17.3 Å². The Balaban J connectivity index is 2.23. The Morgan fingerprint density at radius 3 is 2.70 bits per heavy atom. The van der Waals surface area contributed by atoms with E-state index < -0.39 is 5.82 Å². The molecule has 0 atom stereocenters. The lowest BCUT2D eigenvalue weighted by Gasteiger charge is -2.09. The van der Waals surface area contributed by atoms with E-state index in [4.69, 9.17) is 5.73 Å². The molecule has 0 saturated heterocycles. The average Bonchev–Trinajstić information content (AvgIpc) is 2.44. The number of nitrogens with two attached hydrogens (primary N) is 1. The monoisotopic (exact) mass is 272 g/mol. The van der Waals surface area contributed by atoms with Crippen LogP contribution in [-0.4, -0.2) is 5.91 Å². The van der Waals surface area contributed by atoms with Crippen LogP contribution in [0.25, 0.3) is 0 Å². The number of benzene rings is 2. The standard InChI is InChI=1S/C16H17FN2O/c1-3-11-5-4-6-13(7-11)19-16(20)12-8-14(17)10(2)15(18)9-12/h4-9H,3,18H2,1-2H3,(H,19,20). The summed E-state index contributed by atoms with van der Waals surface area (Å²) in [6.45, 7) is 3.62. The summed E-state index contributed by atoms with van der Waals surface area (Å²) in [5.41, 5.74) is 8.34. The van der Waals surface area contributed by atoms with Gasteiger partial charge in [-0.2, -0.15) is 0 Å². The Morgan fingerprint density at radius 2 is 2.05 bits per heavy atom. The van der Waals surface area contributed by atoms with Gasteiger partial charge in [0.05, 0.1) is 0 Å². The van der Waals surface area contributed by atoms with Crippen LogP contribution < -0.4 is 11.1 Å². The normalized spacial score (nSPS) is 10.3. The van der Waals surface area contributed by atoms with Crippen molar-refractivity contribution < 1.29 is 9.18 Å². The highest BCUT2D eigenvalue weighted by molar-refractivity contribution is 6.04. The van der Waals surface area contributed by atoms with Gasteiger partial charge in [-0.15, -0.1) is 0 Å². The van der Waals surface area contributed by atoms with Gasteiger partial charge in [-0.05, 0) is 43.2 Å². The van der Waals surface area contributed by atoms with Gasteiger partial charge >= 0.3 is 0 Å². The fourth-order valence-corrected chi connectivity index (χ4v) is 1.90. The lowest BCUT2D eigenvalue weighted by Crippen LogP contribution is -2.13. The van der Waals surface area contributed by atoms with Gasteiger partial charge in [-0.1, -0.05) is 19.1 Å². The number of amides is 1. The SMILES string of the molecule is CCc1cccc(NC(=O)c2cc(N)c(C)c(F)c2)c1. The van der Waals surface area contributed by atoms with Gasteiger partial charge < -0.3 is 11.1 Å². The third kappa shape index (κ3) is 2.96. The van der Waals surface area contributed by atoms with E-state index in [1.54, 1.807) is 13.0 Å². The number of carbonyl (C=O) groups excluding carboxylic acids is 1. The fourth-order valence-electron chi connectivity index (χ4n) is 1.90. The fraction of sp³-hybridized carbons (Fsp3) is 0.188. The molecule has 20 heavy (non-hydrogen) atoms. The Labute approximate surface area is 117 Å². The molecule has 2 aromatic carbocycles. The van der Waals surface area contributed by atoms with Crippen LogP contribution in [0, 0.1) is 12.7 Å². The maximum Gasteiger partial charge on any atom is 0.255 e. The molecule has 0 saturated carbocycles. The van der Waals surface area contributed by atoms with Crippen molar-refractivity contribution in [2.45, 2.75) is 20.3 Å². The molecule has 104 valence electrons. The van der Waals surface area contributed by atoms with Crippen molar-refractivity contribution in [1.82, 2.24) is 0 Å². The van der Waals surface area contributed by atoms with Gasteiger partial charge in [0.1, 0.15) is 5.82 Å². The van der Waals surface area contributed by atoms with Crippen molar-refractivity contribution in [3.63, 3.8) is 0 Å². The zero-order valence-corrected chi connectivity index (χ0v) is 11.5. The molecular weight excluding hydrogens is 255 g/mol.